The standard InChI is InChI=1S/C48H30N2S/c1-3-13-41-33(8-1)10-5-15-43(41)40-28-45(44-16-6-11-34-9-2-4-14-42(34)44)47-46(29-40)51-48(50-47)35-21-17-31(18-22-35)36-23-19-32-20-24-37(27-39(32)26-36)38-12-7-25-49-30-38/h1-30H. The SMILES string of the molecule is c1cncc(-c2ccc3ccc(-c4ccc(-c5nc6c(-c7cccc8ccccc78)cc(-c7cccc8ccccc78)cc6s5)cc4)cc3c2)c1. The van der Waals surface area contributed by atoms with E-state index in [0.717, 1.165) is 27.2 Å². The second-order valence-corrected chi connectivity index (χ2v) is 14.1. The van der Waals surface area contributed by atoms with Crippen molar-refractivity contribution in [3.63, 3.8) is 0 Å². The molecule has 2 aromatic heterocycles. The molecule has 10 aromatic rings. The van der Waals surface area contributed by atoms with Crippen LogP contribution < -0.4 is 0 Å². The molecule has 238 valence electrons. The van der Waals surface area contributed by atoms with Crippen molar-refractivity contribution in [1.29, 1.82) is 0 Å². The molecule has 8 aromatic carbocycles. The Labute approximate surface area is 300 Å². The predicted octanol–water partition coefficient (Wildman–Crippen LogP) is 13.5. The fourth-order valence-corrected chi connectivity index (χ4v) is 8.43. The lowest BCUT2D eigenvalue weighted by molar-refractivity contribution is 1.33. The molecule has 2 nitrogen and oxygen atoms in total. The summed E-state index contributed by atoms with van der Waals surface area (Å²) in [4.78, 5) is 9.67. The van der Waals surface area contributed by atoms with Gasteiger partial charge in [-0.15, -0.1) is 11.3 Å². The summed E-state index contributed by atoms with van der Waals surface area (Å²) in [6, 6.07) is 61.4. The maximum absolute atomic E-state index is 5.36. The second-order valence-electron chi connectivity index (χ2n) is 13.0. The third-order valence-corrected chi connectivity index (χ3v) is 11.0. The van der Waals surface area contributed by atoms with Crippen LogP contribution in [0.5, 0.6) is 0 Å². The lowest BCUT2D eigenvalue weighted by Crippen LogP contribution is -1.87. The zero-order valence-electron chi connectivity index (χ0n) is 27.6. The molecule has 0 aliphatic heterocycles. The molecule has 10 rings (SSSR count). The quantitative estimate of drug-likeness (QED) is 0.183. The lowest BCUT2D eigenvalue weighted by Gasteiger charge is -2.12. The van der Waals surface area contributed by atoms with E-state index in [1.54, 1.807) is 11.3 Å². The van der Waals surface area contributed by atoms with Gasteiger partial charge in [0.15, 0.2) is 0 Å². The first-order valence-electron chi connectivity index (χ1n) is 17.2. The molecule has 0 atom stereocenters. The summed E-state index contributed by atoms with van der Waals surface area (Å²) in [5, 5.41) is 8.42. The fourth-order valence-electron chi connectivity index (χ4n) is 7.40. The van der Waals surface area contributed by atoms with Gasteiger partial charge in [-0.1, -0.05) is 140 Å². The highest BCUT2D eigenvalue weighted by Gasteiger charge is 2.17. The van der Waals surface area contributed by atoms with Crippen LogP contribution >= 0.6 is 11.3 Å². The number of aromatic nitrogens is 2. The molecule has 0 bridgehead atoms. The molecule has 0 amide bonds. The molecule has 0 saturated carbocycles. The Kier molecular flexibility index (Phi) is 7.04. The second kappa shape index (κ2) is 12.2. The van der Waals surface area contributed by atoms with Crippen molar-refractivity contribution in [2.75, 3.05) is 0 Å². The molecule has 0 aliphatic carbocycles. The van der Waals surface area contributed by atoms with E-state index in [0.29, 0.717) is 0 Å². The van der Waals surface area contributed by atoms with Gasteiger partial charge in [-0.2, -0.15) is 0 Å². The highest BCUT2D eigenvalue weighted by molar-refractivity contribution is 7.21. The summed E-state index contributed by atoms with van der Waals surface area (Å²) in [6.07, 6.45) is 3.73. The zero-order chi connectivity index (χ0) is 33.7. The first kappa shape index (κ1) is 29.5. The van der Waals surface area contributed by atoms with Crippen LogP contribution in [0.2, 0.25) is 0 Å². The van der Waals surface area contributed by atoms with Crippen LogP contribution in [0.25, 0.3) is 97.6 Å². The Balaban J connectivity index is 1.08. The van der Waals surface area contributed by atoms with Crippen LogP contribution in [0.1, 0.15) is 0 Å². The number of benzene rings is 8. The minimum atomic E-state index is 1.02. The molecule has 3 heteroatoms. The van der Waals surface area contributed by atoms with Gasteiger partial charge in [0.05, 0.1) is 10.2 Å². The monoisotopic (exact) mass is 666 g/mol. The topological polar surface area (TPSA) is 25.8 Å². The molecular weight excluding hydrogens is 637 g/mol. The third kappa shape index (κ3) is 5.27. The molecule has 0 spiro atoms. The van der Waals surface area contributed by atoms with Gasteiger partial charge in [0.25, 0.3) is 0 Å². The molecule has 0 fully saturated rings. The van der Waals surface area contributed by atoms with Crippen molar-refractivity contribution >= 4 is 53.9 Å². The van der Waals surface area contributed by atoms with Crippen LogP contribution in [-0.2, 0) is 0 Å². The van der Waals surface area contributed by atoms with Gasteiger partial charge in [-0.25, -0.2) is 4.98 Å². The van der Waals surface area contributed by atoms with E-state index in [9.17, 15) is 0 Å². The Morgan fingerprint density at radius 3 is 1.73 bits per heavy atom. The number of nitrogens with zero attached hydrogens (tertiary/aromatic N) is 2. The predicted molar refractivity (Wildman–Crippen MR) is 217 cm³/mol. The molecule has 0 saturated heterocycles. The van der Waals surface area contributed by atoms with Crippen LogP contribution in [0, 0.1) is 0 Å². The van der Waals surface area contributed by atoms with Gasteiger partial charge >= 0.3 is 0 Å². The van der Waals surface area contributed by atoms with Crippen molar-refractivity contribution in [3.05, 3.63) is 182 Å². The van der Waals surface area contributed by atoms with E-state index in [1.165, 1.54) is 70.4 Å². The minimum absolute atomic E-state index is 1.02. The average Bonchev–Trinajstić information content (AvgIpc) is 3.65. The summed E-state index contributed by atoms with van der Waals surface area (Å²) in [5.74, 6) is 0. The Morgan fingerprint density at radius 1 is 0.373 bits per heavy atom. The lowest BCUT2D eigenvalue weighted by atomic mass is 9.92. The summed E-state index contributed by atoms with van der Waals surface area (Å²) in [5.41, 5.74) is 11.6. The normalized spacial score (nSPS) is 11.5. The Hall–Kier alpha value is -6.42. The van der Waals surface area contributed by atoms with Crippen LogP contribution in [0.15, 0.2) is 182 Å². The van der Waals surface area contributed by atoms with Crippen LogP contribution in [0.4, 0.5) is 0 Å². The van der Waals surface area contributed by atoms with Crippen molar-refractivity contribution in [3.8, 4) is 55.1 Å². The van der Waals surface area contributed by atoms with E-state index in [4.69, 9.17) is 4.98 Å². The van der Waals surface area contributed by atoms with Crippen molar-refractivity contribution < 1.29 is 0 Å². The van der Waals surface area contributed by atoms with Crippen molar-refractivity contribution in [2.24, 2.45) is 0 Å². The fraction of sp³-hybridized carbons (Fsp3) is 0. The summed E-state index contributed by atoms with van der Waals surface area (Å²) >= 11 is 1.77. The minimum Gasteiger partial charge on any atom is -0.264 e. The Morgan fingerprint density at radius 2 is 1.00 bits per heavy atom. The summed E-state index contributed by atoms with van der Waals surface area (Å²) in [7, 11) is 0. The molecular formula is C48H30N2S. The van der Waals surface area contributed by atoms with Gasteiger partial charge in [0, 0.05) is 29.1 Å². The van der Waals surface area contributed by atoms with Crippen molar-refractivity contribution in [1.82, 2.24) is 9.97 Å². The molecule has 0 unspecified atom stereocenters. The molecule has 2 heterocycles. The smallest absolute Gasteiger partial charge is 0.124 e. The largest absolute Gasteiger partial charge is 0.264 e. The van der Waals surface area contributed by atoms with E-state index in [-0.39, 0.29) is 0 Å². The van der Waals surface area contributed by atoms with Gasteiger partial charge in [-0.05, 0) is 96.0 Å². The first-order valence-corrected chi connectivity index (χ1v) is 18.0. The number of thiazole rings is 1. The number of rotatable bonds is 5. The maximum Gasteiger partial charge on any atom is 0.124 e. The highest BCUT2D eigenvalue weighted by atomic mass is 32.1. The van der Waals surface area contributed by atoms with Gasteiger partial charge in [-0.3, -0.25) is 4.98 Å². The number of pyridine rings is 1. The maximum atomic E-state index is 5.36. The first-order chi connectivity index (χ1) is 25.2. The molecule has 51 heavy (non-hydrogen) atoms. The van der Waals surface area contributed by atoms with Crippen LogP contribution in [0.3, 0.4) is 0 Å². The van der Waals surface area contributed by atoms with Gasteiger partial charge < -0.3 is 0 Å². The number of hydrogen-bond acceptors (Lipinski definition) is 3. The molecule has 0 radical (unpaired) electrons. The summed E-state index contributed by atoms with van der Waals surface area (Å²) < 4.78 is 1.18. The zero-order valence-corrected chi connectivity index (χ0v) is 28.4. The van der Waals surface area contributed by atoms with Crippen molar-refractivity contribution in [2.45, 2.75) is 0 Å². The molecule has 0 aliphatic rings. The molecule has 0 N–H and O–H groups in total. The van der Waals surface area contributed by atoms with Gasteiger partial charge in [0.2, 0.25) is 0 Å². The highest BCUT2D eigenvalue weighted by Crippen LogP contribution is 2.42. The number of fused-ring (bicyclic) bond motifs is 4. The van der Waals surface area contributed by atoms with Crippen LogP contribution in [-0.4, -0.2) is 9.97 Å². The van der Waals surface area contributed by atoms with E-state index in [1.807, 2.05) is 18.5 Å². The Bertz CT molecular complexity index is 2900. The van der Waals surface area contributed by atoms with Gasteiger partial charge in [0.1, 0.15) is 5.01 Å². The van der Waals surface area contributed by atoms with E-state index in [2.05, 4.69) is 169 Å². The number of hydrogen-bond donors (Lipinski definition) is 0. The third-order valence-electron chi connectivity index (χ3n) is 9.98. The summed E-state index contributed by atoms with van der Waals surface area (Å²) in [6.45, 7) is 0. The van der Waals surface area contributed by atoms with E-state index < -0.39 is 0 Å². The average molecular weight is 667 g/mol. The van der Waals surface area contributed by atoms with E-state index >= 15 is 0 Å².